The van der Waals surface area contributed by atoms with Crippen molar-refractivity contribution < 1.29 is 14.7 Å². The van der Waals surface area contributed by atoms with Gasteiger partial charge in [0.05, 0.1) is 0 Å². The molecule has 1 heterocycles. The van der Waals surface area contributed by atoms with Crippen molar-refractivity contribution in [2.45, 2.75) is 25.3 Å². The van der Waals surface area contributed by atoms with Crippen molar-refractivity contribution >= 4 is 27.8 Å². The van der Waals surface area contributed by atoms with Gasteiger partial charge in [-0.1, -0.05) is 36.4 Å². The first kappa shape index (κ1) is 17.1. The smallest absolute Gasteiger partial charge is 0.326 e. The fraction of sp³-hybridized carbons (Fsp3) is 0.235. The second kappa shape index (κ2) is 8.43. The predicted octanol–water partition coefficient (Wildman–Crippen LogP) is 2.59. The van der Waals surface area contributed by atoms with Crippen molar-refractivity contribution in [2.24, 2.45) is 0 Å². The molecular weight excluding hydrogens is 360 g/mol. The van der Waals surface area contributed by atoms with Gasteiger partial charge in [-0.25, -0.2) is 9.78 Å². The second-order valence-electron chi connectivity index (χ2n) is 5.10. The minimum Gasteiger partial charge on any atom is -0.480 e. The maximum atomic E-state index is 12.0. The molecule has 2 N–H and O–H groups in total. The lowest BCUT2D eigenvalue weighted by Gasteiger charge is -2.15. The van der Waals surface area contributed by atoms with Crippen molar-refractivity contribution in [3.8, 4) is 0 Å². The molecule has 1 amide bonds. The van der Waals surface area contributed by atoms with Crippen molar-refractivity contribution in [3.05, 3.63) is 64.4 Å². The molecule has 0 aliphatic heterocycles. The molecule has 120 valence electrons. The molecule has 6 heteroatoms. The molecule has 2 aromatic rings. The fourth-order valence-electron chi connectivity index (χ4n) is 2.16. The number of nitrogens with zero attached hydrogens (tertiary/aromatic N) is 1. The molecule has 0 aliphatic carbocycles. The Morgan fingerprint density at radius 1 is 1.17 bits per heavy atom. The zero-order valence-electron chi connectivity index (χ0n) is 12.4. The van der Waals surface area contributed by atoms with E-state index in [4.69, 9.17) is 0 Å². The van der Waals surface area contributed by atoms with Gasteiger partial charge in [-0.2, -0.15) is 0 Å². The normalized spacial score (nSPS) is 11.7. The summed E-state index contributed by atoms with van der Waals surface area (Å²) in [5.41, 5.74) is 1.78. The molecule has 0 saturated heterocycles. The van der Waals surface area contributed by atoms with E-state index in [1.165, 1.54) is 0 Å². The fourth-order valence-corrected chi connectivity index (χ4v) is 2.57. The number of aryl methyl sites for hydroxylation is 1. The van der Waals surface area contributed by atoms with E-state index in [1.54, 1.807) is 18.3 Å². The minimum absolute atomic E-state index is 0.181. The highest BCUT2D eigenvalue weighted by Crippen LogP contribution is 2.15. The van der Waals surface area contributed by atoms with Crippen LogP contribution in [-0.4, -0.2) is 28.0 Å². The monoisotopic (exact) mass is 376 g/mol. The van der Waals surface area contributed by atoms with E-state index in [9.17, 15) is 14.7 Å². The second-order valence-corrected chi connectivity index (χ2v) is 5.85. The van der Waals surface area contributed by atoms with Crippen molar-refractivity contribution in [3.63, 3.8) is 0 Å². The third-order valence-electron chi connectivity index (χ3n) is 3.38. The van der Waals surface area contributed by atoms with Gasteiger partial charge in [0.2, 0.25) is 5.91 Å². The van der Waals surface area contributed by atoms with Gasteiger partial charge in [0.15, 0.2) is 0 Å². The number of amides is 1. The molecule has 0 aliphatic rings. The summed E-state index contributed by atoms with van der Waals surface area (Å²) in [6.07, 6.45) is 2.63. The zero-order chi connectivity index (χ0) is 16.7. The molecule has 1 aromatic heterocycles. The number of nitrogens with one attached hydrogen (secondary N) is 1. The molecule has 1 atom stereocenters. The highest BCUT2D eigenvalue weighted by Gasteiger charge is 2.21. The summed E-state index contributed by atoms with van der Waals surface area (Å²) in [6, 6.07) is 12.2. The van der Waals surface area contributed by atoms with Crippen LogP contribution in [0.25, 0.3) is 0 Å². The number of halogens is 1. The van der Waals surface area contributed by atoms with E-state index in [-0.39, 0.29) is 18.7 Å². The van der Waals surface area contributed by atoms with E-state index in [2.05, 4.69) is 26.2 Å². The topological polar surface area (TPSA) is 79.3 Å². The molecule has 0 unspecified atom stereocenters. The van der Waals surface area contributed by atoms with Crippen LogP contribution in [0.3, 0.4) is 0 Å². The van der Waals surface area contributed by atoms with E-state index in [1.807, 2.05) is 30.3 Å². The Balaban J connectivity index is 1.92. The van der Waals surface area contributed by atoms with E-state index >= 15 is 0 Å². The van der Waals surface area contributed by atoms with Crippen LogP contribution in [-0.2, 0) is 22.4 Å². The maximum Gasteiger partial charge on any atom is 0.326 e. The Labute approximate surface area is 142 Å². The molecule has 0 bridgehead atoms. The first-order chi connectivity index (χ1) is 11.1. The third kappa shape index (κ3) is 5.49. The van der Waals surface area contributed by atoms with Crippen LogP contribution in [0.2, 0.25) is 0 Å². The first-order valence-corrected chi connectivity index (χ1v) is 8.01. The van der Waals surface area contributed by atoms with Gasteiger partial charge in [-0.15, -0.1) is 0 Å². The van der Waals surface area contributed by atoms with Crippen molar-refractivity contribution in [2.75, 3.05) is 0 Å². The van der Waals surface area contributed by atoms with Crippen molar-refractivity contribution in [1.29, 1.82) is 0 Å². The number of carboxylic acids is 1. The Bertz CT molecular complexity index is 677. The number of hydrogen-bond donors (Lipinski definition) is 2. The molecule has 2 rings (SSSR count). The van der Waals surface area contributed by atoms with Gasteiger partial charge in [0, 0.05) is 19.0 Å². The van der Waals surface area contributed by atoms with Gasteiger partial charge < -0.3 is 10.4 Å². The standard InChI is InChI=1S/C17H17BrN2O3/c18-16-13(7-4-10-19-16)11-14(17(22)23)20-15(21)9-8-12-5-2-1-3-6-12/h1-7,10,14H,8-9,11H2,(H,20,21)(H,22,23)/t14-/m1/s1. The molecule has 23 heavy (non-hydrogen) atoms. The summed E-state index contributed by atoms with van der Waals surface area (Å²) in [5.74, 6) is -1.34. The van der Waals surface area contributed by atoms with E-state index < -0.39 is 12.0 Å². The van der Waals surface area contributed by atoms with Gasteiger partial charge in [0.1, 0.15) is 10.6 Å². The van der Waals surface area contributed by atoms with E-state index in [0.29, 0.717) is 11.0 Å². The summed E-state index contributed by atoms with van der Waals surface area (Å²) >= 11 is 3.28. The van der Waals surface area contributed by atoms with Crippen LogP contribution in [0, 0.1) is 0 Å². The largest absolute Gasteiger partial charge is 0.480 e. The first-order valence-electron chi connectivity index (χ1n) is 7.21. The lowest BCUT2D eigenvalue weighted by Crippen LogP contribution is -2.42. The average Bonchev–Trinajstić information content (AvgIpc) is 2.55. The predicted molar refractivity (Wildman–Crippen MR) is 90.0 cm³/mol. The van der Waals surface area contributed by atoms with Crippen LogP contribution in [0.1, 0.15) is 17.5 Å². The summed E-state index contributed by atoms with van der Waals surface area (Å²) in [6.45, 7) is 0. The highest BCUT2D eigenvalue weighted by atomic mass is 79.9. The third-order valence-corrected chi connectivity index (χ3v) is 4.09. The molecular formula is C17H17BrN2O3. The summed E-state index contributed by atoms with van der Waals surface area (Å²) in [4.78, 5) is 27.4. The van der Waals surface area contributed by atoms with Gasteiger partial charge in [-0.05, 0) is 39.5 Å². The highest BCUT2D eigenvalue weighted by molar-refractivity contribution is 9.10. The molecule has 5 nitrogen and oxygen atoms in total. The Morgan fingerprint density at radius 2 is 1.91 bits per heavy atom. The van der Waals surface area contributed by atoms with Crippen molar-refractivity contribution in [1.82, 2.24) is 10.3 Å². The Morgan fingerprint density at radius 3 is 2.57 bits per heavy atom. The molecule has 0 radical (unpaired) electrons. The number of aromatic nitrogens is 1. The number of hydrogen-bond acceptors (Lipinski definition) is 3. The van der Waals surface area contributed by atoms with Crippen LogP contribution in [0.5, 0.6) is 0 Å². The number of aliphatic carboxylic acids is 1. The number of carbonyl (C=O) groups excluding carboxylic acids is 1. The van der Waals surface area contributed by atoms with Crippen LogP contribution >= 0.6 is 15.9 Å². The Kier molecular flexibility index (Phi) is 6.29. The summed E-state index contributed by atoms with van der Waals surface area (Å²) in [5, 5.41) is 11.9. The summed E-state index contributed by atoms with van der Waals surface area (Å²) in [7, 11) is 0. The van der Waals surface area contributed by atoms with Crippen LogP contribution in [0.4, 0.5) is 0 Å². The number of pyridine rings is 1. The average molecular weight is 377 g/mol. The lowest BCUT2D eigenvalue weighted by molar-refractivity contribution is -0.141. The Hall–Kier alpha value is -2.21. The van der Waals surface area contributed by atoms with Crippen LogP contribution < -0.4 is 5.32 Å². The number of carbonyl (C=O) groups is 2. The quantitative estimate of drug-likeness (QED) is 0.727. The van der Waals surface area contributed by atoms with Gasteiger partial charge in [-0.3, -0.25) is 4.79 Å². The minimum atomic E-state index is -1.06. The number of carboxylic acid groups (broad SMARTS) is 1. The molecule has 0 saturated carbocycles. The molecule has 0 spiro atoms. The summed E-state index contributed by atoms with van der Waals surface area (Å²) < 4.78 is 0.588. The maximum absolute atomic E-state index is 12.0. The number of rotatable bonds is 7. The van der Waals surface area contributed by atoms with Gasteiger partial charge in [0.25, 0.3) is 0 Å². The van der Waals surface area contributed by atoms with Crippen LogP contribution in [0.15, 0.2) is 53.3 Å². The van der Waals surface area contributed by atoms with E-state index in [0.717, 1.165) is 11.1 Å². The zero-order valence-corrected chi connectivity index (χ0v) is 14.0. The lowest BCUT2D eigenvalue weighted by atomic mass is 10.1. The SMILES string of the molecule is O=C(CCc1ccccc1)N[C@H](Cc1cccnc1Br)C(=O)O. The van der Waals surface area contributed by atoms with Gasteiger partial charge >= 0.3 is 5.97 Å². The number of benzene rings is 1. The molecule has 1 aromatic carbocycles. The molecule has 0 fully saturated rings.